The number of rotatable bonds is 7. The summed E-state index contributed by atoms with van der Waals surface area (Å²) in [7, 11) is 1.42. The molecule has 1 atom stereocenters. The highest BCUT2D eigenvalue weighted by atomic mass is 32.1. The van der Waals surface area contributed by atoms with Crippen molar-refractivity contribution in [2.45, 2.75) is 38.2 Å². The molecule has 0 aliphatic heterocycles. The van der Waals surface area contributed by atoms with E-state index in [2.05, 4.69) is 15.8 Å². The predicted molar refractivity (Wildman–Crippen MR) is 150 cm³/mol. The molecule has 1 N–H and O–H groups in total. The number of ether oxygens (including phenoxy) is 2. The van der Waals surface area contributed by atoms with E-state index in [4.69, 9.17) is 9.47 Å². The number of aryl methyl sites for hydroxylation is 1. The van der Waals surface area contributed by atoms with Gasteiger partial charge in [-0.25, -0.2) is 4.79 Å². The van der Waals surface area contributed by atoms with Gasteiger partial charge in [0.05, 0.1) is 40.4 Å². The molecule has 3 aromatic carbocycles. The highest BCUT2D eigenvalue weighted by Crippen LogP contribution is 2.49. The number of esters is 1. The Kier molecular flexibility index (Phi) is 7.18. The Balaban J connectivity index is 1.37. The number of nitriles is 1. The molecule has 1 unspecified atom stereocenters. The SMILES string of the molecule is COC(=O)C1(c2ccc(-c3ccc(-c4snc(C)c4NC(=O)OC(C)c4ccccc4)c(C#N)c3)cc2)CC1. The van der Waals surface area contributed by atoms with Crippen LogP contribution < -0.4 is 5.32 Å². The zero-order chi connectivity index (χ0) is 27.6. The van der Waals surface area contributed by atoms with E-state index in [0.717, 1.165) is 35.1 Å². The lowest BCUT2D eigenvalue weighted by Crippen LogP contribution is -2.21. The normalized spacial score (nSPS) is 14.1. The third-order valence-corrected chi connectivity index (χ3v) is 8.10. The fourth-order valence-corrected chi connectivity index (χ4v) is 5.60. The number of hydrogen-bond acceptors (Lipinski definition) is 7. The van der Waals surface area contributed by atoms with Gasteiger partial charge < -0.3 is 9.47 Å². The second-order valence-electron chi connectivity index (χ2n) is 9.58. The van der Waals surface area contributed by atoms with Crippen molar-refractivity contribution in [1.82, 2.24) is 4.37 Å². The number of methoxy groups -OCH3 is 1. The molecule has 1 amide bonds. The van der Waals surface area contributed by atoms with Gasteiger partial charge in [-0.05, 0) is 66.5 Å². The van der Waals surface area contributed by atoms with Gasteiger partial charge in [0.2, 0.25) is 0 Å². The van der Waals surface area contributed by atoms with E-state index in [9.17, 15) is 14.9 Å². The molecule has 1 heterocycles. The minimum atomic E-state index is -0.591. The van der Waals surface area contributed by atoms with E-state index in [-0.39, 0.29) is 5.97 Å². The van der Waals surface area contributed by atoms with Crippen LogP contribution in [0.2, 0.25) is 0 Å². The van der Waals surface area contributed by atoms with Crippen LogP contribution in [-0.2, 0) is 19.7 Å². The van der Waals surface area contributed by atoms with E-state index in [0.29, 0.717) is 27.4 Å². The van der Waals surface area contributed by atoms with E-state index < -0.39 is 17.6 Å². The first kappa shape index (κ1) is 26.1. The minimum Gasteiger partial charge on any atom is -0.468 e. The molecule has 4 aromatic rings. The molecule has 5 rings (SSSR count). The minimum absolute atomic E-state index is 0.200. The third kappa shape index (κ3) is 5.14. The summed E-state index contributed by atoms with van der Waals surface area (Å²) < 4.78 is 15.0. The van der Waals surface area contributed by atoms with Gasteiger partial charge in [-0.3, -0.25) is 10.1 Å². The summed E-state index contributed by atoms with van der Waals surface area (Å²) in [6.07, 6.45) is 0.557. The summed E-state index contributed by atoms with van der Waals surface area (Å²) >= 11 is 1.22. The molecule has 1 fully saturated rings. The lowest BCUT2D eigenvalue weighted by molar-refractivity contribution is -0.143. The number of nitrogens with zero attached hydrogens (tertiary/aromatic N) is 2. The van der Waals surface area contributed by atoms with Gasteiger partial charge in [0.25, 0.3) is 0 Å². The number of amides is 1. The maximum Gasteiger partial charge on any atom is 0.412 e. The summed E-state index contributed by atoms with van der Waals surface area (Å²) in [5.41, 5.74) is 5.42. The number of benzene rings is 3. The summed E-state index contributed by atoms with van der Waals surface area (Å²) in [5.74, 6) is -0.200. The van der Waals surface area contributed by atoms with Crippen LogP contribution in [0.3, 0.4) is 0 Å². The Morgan fingerprint density at radius 2 is 1.74 bits per heavy atom. The molecule has 1 aromatic heterocycles. The quantitative estimate of drug-likeness (QED) is 0.251. The van der Waals surface area contributed by atoms with Gasteiger partial charge in [0.1, 0.15) is 6.10 Å². The zero-order valence-electron chi connectivity index (χ0n) is 21.9. The van der Waals surface area contributed by atoms with Crippen molar-refractivity contribution in [3.63, 3.8) is 0 Å². The van der Waals surface area contributed by atoms with Crippen molar-refractivity contribution in [1.29, 1.82) is 5.26 Å². The molecule has 39 heavy (non-hydrogen) atoms. The highest BCUT2D eigenvalue weighted by Gasteiger charge is 2.52. The van der Waals surface area contributed by atoms with Crippen LogP contribution in [0.25, 0.3) is 21.6 Å². The molecule has 196 valence electrons. The third-order valence-electron chi connectivity index (χ3n) is 7.12. The maximum absolute atomic E-state index is 12.7. The van der Waals surface area contributed by atoms with Crippen molar-refractivity contribution in [2.75, 3.05) is 12.4 Å². The Labute approximate surface area is 231 Å². The topological polar surface area (TPSA) is 101 Å². The predicted octanol–water partition coefficient (Wildman–Crippen LogP) is 7.17. The summed E-state index contributed by atoms with van der Waals surface area (Å²) in [6.45, 7) is 3.62. The number of carbonyl (C=O) groups excluding carboxylic acids is 2. The summed E-state index contributed by atoms with van der Waals surface area (Å²) in [4.78, 5) is 25.6. The van der Waals surface area contributed by atoms with Gasteiger partial charge >= 0.3 is 12.1 Å². The monoisotopic (exact) mass is 537 g/mol. The van der Waals surface area contributed by atoms with Gasteiger partial charge in [-0.2, -0.15) is 9.64 Å². The number of aromatic nitrogens is 1. The summed E-state index contributed by atoms with van der Waals surface area (Å²) in [5, 5.41) is 12.8. The van der Waals surface area contributed by atoms with Crippen LogP contribution in [0.4, 0.5) is 10.5 Å². The molecular weight excluding hydrogens is 510 g/mol. The van der Waals surface area contributed by atoms with Gasteiger partial charge in [0, 0.05) is 5.56 Å². The van der Waals surface area contributed by atoms with Gasteiger partial charge in [0.15, 0.2) is 0 Å². The van der Waals surface area contributed by atoms with Crippen LogP contribution in [0.1, 0.15) is 48.3 Å². The summed E-state index contributed by atoms with van der Waals surface area (Å²) in [6, 6.07) is 25.2. The van der Waals surface area contributed by atoms with E-state index >= 15 is 0 Å². The Hall–Kier alpha value is -4.48. The lowest BCUT2D eigenvalue weighted by Gasteiger charge is -2.15. The number of carbonyl (C=O) groups is 2. The molecule has 1 saturated carbocycles. The van der Waals surface area contributed by atoms with Gasteiger partial charge in [-0.15, -0.1) is 0 Å². The van der Waals surface area contributed by atoms with Crippen LogP contribution in [-0.4, -0.2) is 23.5 Å². The second-order valence-corrected chi connectivity index (χ2v) is 10.4. The number of hydrogen-bond donors (Lipinski definition) is 1. The first-order valence-electron chi connectivity index (χ1n) is 12.6. The van der Waals surface area contributed by atoms with Crippen molar-refractivity contribution < 1.29 is 19.1 Å². The molecule has 0 saturated heterocycles. The molecular formula is C31H27N3O4S. The van der Waals surface area contributed by atoms with Crippen molar-refractivity contribution in [3.05, 3.63) is 95.2 Å². The Morgan fingerprint density at radius 1 is 1.05 bits per heavy atom. The maximum atomic E-state index is 12.7. The molecule has 0 spiro atoms. The molecule has 8 heteroatoms. The second kappa shape index (κ2) is 10.7. The van der Waals surface area contributed by atoms with Crippen LogP contribution in [0.15, 0.2) is 72.8 Å². The van der Waals surface area contributed by atoms with Gasteiger partial charge in [-0.1, -0.05) is 66.7 Å². The molecule has 0 bridgehead atoms. The van der Waals surface area contributed by atoms with Crippen molar-refractivity contribution >= 4 is 29.3 Å². The van der Waals surface area contributed by atoms with Crippen LogP contribution >= 0.6 is 11.5 Å². The van der Waals surface area contributed by atoms with E-state index in [1.54, 1.807) is 6.92 Å². The van der Waals surface area contributed by atoms with Crippen molar-refractivity contribution in [2.24, 2.45) is 0 Å². The molecule has 0 radical (unpaired) electrons. The van der Waals surface area contributed by atoms with Crippen molar-refractivity contribution in [3.8, 4) is 27.6 Å². The lowest BCUT2D eigenvalue weighted by atomic mass is 9.92. The molecule has 1 aliphatic carbocycles. The average Bonchev–Trinajstić information content (AvgIpc) is 3.71. The number of nitrogens with one attached hydrogen (secondary N) is 1. The van der Waals surface area contributed by atoms with E-state index in [1.165, 1.54) is 18.6 Å². The largest absolute Gasteiger partial charge is 0.468 e. The first-order valence-corrected chi connectivity index (χ1v) is 13.4. The highest BCUT2D eigenvalue weighted by molar-refractivity contribution is 7.10. The fraction of sp³-hybridized carbons (Fsp3) is 0.226. The number of anilines is 1. The van der Waals surface area contributed by atoms with E-state index in [1.807, 2.05) is 79.7 Å². The molecule has 7 nitrogen and oxygen atoms in total. The Morgan fingerprint density at radius 3 is 2.38 bits per heavy atom. The fourth-order valence-electron chi connectivity index (χ4n) is 4.71. The first-order chi connectivity index (χ1) is 18.9. The van der Waals surface area contributed by atoms with Crippen LogP contribution in [0.5, 0.6) is 0 Å². The zero-order valence-corrected chi connectivity index (χ0v) is 22.7. The van der Waals surface area contributed by atoms with Crippen LogP contribution in [0, 0.1) is 18.3 Å². The molecule has 1 aliphatic rings. The standard InChI is InChI=1S/C31H27N3O4S/c1-19-27(33-30(36)38-20(2)21-7-5-4-6-8-21)28(39-34-19)26-14-11-23(17-24(26)18-32)22-9-12-25(13-10-22)31(15-16-31)29(35)37-3/h4-14,17,20H,15-16H2,1-3H3,(H,33,36). The smallest absolute Gasteiger partial charge is 0.412 e. The average molecular weight is 538 g/mol. The Bertz CT molecular complexity index is 1570.